The van der Waals surface area contributed by atoms with Gasteiger partial charge in [0.2, 0.25) is 5.78 Å². The number of nitrogens with zero attached hydrogens (tertiary/aromatic N) is 4. The lowest BCUT2D eigenvalue weighted by atomic mass is 10.1. The van der Waals surface area contributed by atoms with Gasteiger partial charge in [0, 0.05) is 30.2 Å². The largest absolute Gasteiger partial charge is 0.290 e. The Labute approximate surface area is 109 Å². The van der Waals surface area contributed by atoms with Crippen LogP contribution in [0.5, 0.6) is 0 Å². The Bertz CT molecular complexity index is 846. The van der Waals surface area contributed by atoms with Crippen LogP contribution < -0.4 is 0 Å². The summed E-state index contributed by atoms with van der Waals surface area (Å²) in [6.45, 7) is 0. The Balaban J connectivity index is 1.93. The maximum absolute atomic E-state index is 4.48. The first-order chi connectivity index (χ1) is 9.40. The molecule has 0 radical (unpaired) electrons. The second-order valence-corrected chi connectivity index (χ2v) is 4.37. The predicted molar refractivity (Wildman–Crippen MR) is 73.7 cm³/mol. The van der Waals surface area contributed by atoms with Crippen LogP contribution in [-0.2, 0) is 0 Å². The van der Waals surface area contributed by atoms with Crippen molar-refractivity contribution in [1.82, 2.24) is 19.4 Å². The molecule has 0 spiro atoms. The Morgan fingerprint density at radius 2 is 1.79 bits per heavy atom. The van der Waals surface area contributed by atoms with Crippen molar-refractivity contribution < 1.29 is 0 Å². The maximum atomic E-state index is 4.48. The summed E-state index contributed by atoms with van der Waals surface area (Å²) in [5.74, 6) is 0.687. The zero-order valence-corrected chi connectivity index (χ0v) is 10.1. The van der Waals surface area contributed by atoms with Crippen LogP contribution in [0.25, 0.3) is 27.9 Å². The minimum Gasteiger partial charge on any atom is -0.290 e. The standard InChI is InChI=1S/C15H10N4/c1-2-5-12-9-17-13(8-11(12)4-1)14-10-19-7-3-6-16-15(19)18-14/h1-10H. The quantitative estimate of drug-likeness (QED) is 0.518. The molecule has 0 fully saturated rings. The van der Waals surface area contributed by atoms with E-state index < -0.39 is 0 Å². The number of hydrogen-bond acceptors (Lipinski definition) is 3. The molecule has 0 saturated carbocycles. The van der Waals surface area contributed by atoms with Crippen LogP contribution in [-0.4, -0.2) is 19.4 Å². The molecule has 4 nitrogen and oxygen atoms in total. The van der Waals surface area contributed by atoms with Crippen molar-refractivity contribution in [2.45, 2.75) is 0 Å². The molecule has 3 aromatic heterocycles. The van der Waals surface area contributed by atoms with Crippen LogP contribution in [0.2, 0.25) is 0 Å². The first-order valence-corrected chi connectivity index (χ1v) is 6.05. The minimum atomic E-state index is 0.687. The van der Waals surface area contributed by atoms with Gasteiger partial charge in [-0.1, -0.05) is 24.3 Å². The van der Waals surface area contributed by atoms with Gasteiger partial charge in [-0.3, -0.25) is 9.38 Å². The van der Waals surface area contributed by atoms with Crippen LogP contribution in [0.3, 0.4) is 0 Å². The van der Waals surface area contributed by atoms with Crippen molar-refractivity contribution >= 4 is 16.6 Å². The van der Waals surface area contributed by atoms with Crippen molar-refractivity contribution in [2.24, 2.45) is 0 Å². The fraction of sp³-hybridized carbons (Fsp3) is 0. The minimum absolute atomic E-state index is 0.687. The highest BCUT2D eigenvalue weighted by molar-refractivity contribution is 5.84. The average molecular weight is 246 g/mol. The zero-order chi connectivity index (χ0) is 12.7. The number of aromatic nitrogens is 4. The van der Waals surface area contributed by atoms with Crippen LogP contribution in [0.4, 0.5) is 0 Å². The molecule has 0 aliphatic carbocycles. The molecule has 0 aliphatic heterocycles. The van der Waals surface area contributed by atoms with Crippen molar-refractivity contribution in [3.8, 4) is 11.4 Å². The number of fused-ring (bicyclic) bond motifs is 2. The van der Waals surface area contributed by atoms with Gasteiger partial charge in [-0.15, -0.1) is 0 Å². The van der Waals surface area contributed by atoms with E-state index in [0.29, 0.717) is 5.78 Å². The molecule has 4 heteroatoms. The van der Waals surface area contributed by atoms with E-state index in [-0.39, 0.29) is 0 Å². The lowest BCUT2D eigenvalue weighted by molar-refractivity contribution is 1.11. The fourth-order valence-electron chi connectivity index (χ4n) is 2.18. The fourth-order valence-corrected chi connectivity index (χ4v) is 2.18. The highest BCUT2D eigenvalue weighted by Crippen LogP contribution is 2.21. The number of hydrogen-bond donors (Lipinski definition) is 0. The molecule has 0 atom stereocenters. The average Bonchev–Trinajstić information content (AvgIpc) is 2.90. The molecular formula is C15H10N4. The van der Waals surface area contributed by atoms with Crippen LogP contribution in [0.1, 0.15) is 0 Å². The molecular weight excluding hydrogens is 236 g/mol. The van der Waals surface area contributed by atoms with Gasteiger partial charge in [-0.2, -0.15) is 0 Å². The molecule has 3 heterocycles. The first kappa shape index (κ1) is 10.2. The van der Waals surface area contributed by atoms with Gasteiger partial charge in [0.05, 0.1) is 5.69 Å². The molecule has 4 aromatic rings. The van der Waals surface area contributed by atoms with E-state index in [4.69, 9.17) is 0 Å². The molecule has 4 rings (SSSR count). The van der Waals surface area contributed by atoms with E-state index >= 15 is 0 Å². The monoisotopic (exact) mass is 246 g/mol. The Hall–Kier alpha value is -2.75. The summed E-state index contributed by atoms with van der Waals surface area (Å²) in [4.78, 5) is 13.2. The highest BCUT2D eigenvalue weighted by atomic mass is 15.1. The smallest absolute Gasteiger partial charge is 0.234 e. The normalized spacial score (nSPS) is 11.2. The summed E-state index contributed by atoms with van der Waals surface area (Å²) in [5, 5.41) is 2.30. The van der Waals surface area contributed by atoms with Crippen molar-refractivity contribution in [2.75, 3.05) is 0 Å². The van der Waals surface area contributed by atoms with Crippen LogP contribution in [0.15, 0.2) is 61.2 Å². The molecule has 0 saturated heterocycles. The molecule has 0 unspecified atom stereocenters. The second-order valence-electron chi connectivity index (χ2n) is 4.37. The summed E-state index contributed by atoms with van der Waals surface area (Å²) in [6, 6.07) is 12.1. The van der Waals surface area contributed by atoms with Crippen molar-refractivity contribution in [1.29, 1.82) is 0 Å². The highest BCUT2D eigenvalue weighted by Gasteiger charge is 2.06. The van der Waals surface area contributed by atoms with E-state index in [0.717, 1.165) is 22.2 Å². The van der Waals surface area contributed by atoms with E-state index in [9.17, 15) is 0 Å². The van der Waals surface area contributed by atoms with E-state index in [1.165, 1.54) is 0 Å². The van der Waals surface area contributed by atoms with E-state index in [1.807, 2.05) is 41.2 Å². The molecule has 0 N–H and O–H groups in total. The number of benzene rings is 1. The Morgan fingerprint density at radius 3 is 2.68 bits per heavy atom. The molecule has 1 aromatic carbocycles. The SMILES string of the molecule is c1ccc2cc(-c3cn4cccnc4n3)ncc2c1. The van der Waals surface area contributed by atoms with E-state index in [1.54, 1.807) is 6.20 Å². The number of imidazole rings is 1. The Morgan fingerprint density at radius 1 is 0.895 bits per heavy atom. The summed E-state index contributed by atoms with van der Waals surface area (Å²) < 4.78 is 1.90. The molecule has 0 bridgehead atoms. The van der Waals surface area contributed by atoms with Gasteiger partial charge in [0.15, 0.2) is 0 Å². The second kappa shape index (κ2) is 3.88. The molecule has 0 aliphatic rings. The molecule has 90 valence electrons. The van der Waals surface area contributed by atoms with E-state index in [2.05, 4.69) is 33.2 Å². The predicted octanol–water partition coefficient (Wildman–Crippen LogP) is 2.94. The topological polar surface area (TPSA) is 43.1 Å². The summed E-state index contributed by atoms with van der Waals surface area (Å²) in [5.41, 5.74) is 1.70. The zero-order valence-electron chi connectivity index (χ0n) is 10.1. The van der Waals surface area contributed by atoms with Crippen LogP contribution in [0, 0.1) is 0 Å². The van der Waals surface area contributed by atoms with Gasteiger partial charge in [0.25, 0.3) is 0 Å². The van der Waals surface area contributed by atoms with Crippen molar-refractivity contribution in [3.63, 3.8) is 0 Å². The lowest BCUT2D eigenvalue weighted by Crippen LogP contribution is -1.84. The van der Waals surface area contributed by atoms with Crippen LogP contribution >= 0.6 is 0 Å². The maximum Gasteiger partial charge on any atom is 0.234 e. The van der Waals surface area contributed by atoms with Gasteiger partial charge in [-0.05, 0) is 17.5 Å². The summed E-state index contributed by atoms with van der Waals surface area (Å²) in [7, 11) is 0. The third-order valence-electron chi connectivity index (χ3n) is 3.13. The van der Waals surface area contributed by atoms with Gasteiger partial charge in [-0.25, -0.2) is 9.97 Å². The number of pyridine rings is 1. The lowest BCUT2D eigenvalue weighted by Gasteiger charge is -1.99. The summed E-state index contributed by atoms with van der Waals surface area (Å²) >= 11 is 0. The molecule has 19 heavy (non-hydrogen) atoms. The van der Waals surface area contributed by atoms with Gasteiger partial charge >= 0.3 is 0 Å². The third kappa shape index (κ3) is 1.65. The van der Waals surface area contributed by atoms with Gasteiger partial charge in [0.1, 0.15) is 5.69 Å². The van der Waals surface area contributed by atoms with Gasteiger partial charge < -0.3 is 0 Å². The summed E-state index contributed by atoms with van der Waals surface area (Å²) in [6.07, 6.45) is 7.49. The molecule has 0 amide bonds. The number of rotatable bonds is 1. The third-order valence-corrected chi connectivity index (χ3v) is 3.13. The van der Waals surface area contributed by atoms with Crippen molar-refractivity contribution in [3.05, 3.63) is 61.2 Å². The first-order valence-electron chi connectivity index (χ1n) is 6.05. The Kier molecular flexibility index (Phi) is 2.08.